The van der Waals surface area contributed by atoms with Gasteiger partial charge < -0.3 is 0 Å². The van der Waals surface area contributed by atoms with Gasteiger partial charge >= 0.3 is 0 Å². The molecule has 2 aromatic carbocycles. The first kappa shape index (κ1) is 17.6. The maximum absolute atomic E-state index is 2.38. The van der Waals surface area contributed by atoms with Gasteiger partial charge in [0.15, 0.2) is 0 Å². The molecule has 0 unspecified atom stereocenters. The van der Waals surface area contributed by atoms with E-state index in [4.69, 9.17) is 0 Å². The van der Waals surface area contributed by atoms with Gasteiger partial charge in [-0.1, -0.05) is 30.3 Å². The highest BCUT2D eigenvalue weighted by atomic mass is 32.1. The minimum Gasteiger partial charge on any atom is -0.144 e. The average Bonchev–Trinajstić information content (AvgIpc) is 3.55. The molecule has 7 aromatic rings. The van der Waals surface area contributed by atoms with Gasteiger partial charge in [-0.25, -0.2) is 0 Å². The van der Waals surface area contributed by atoms with Gasteiger partial charge in [0.2, 0.25) is 0 Å². The maximum Gasteiger partial charge on any atom is 0.0642 e. The Kier molecular flexibility index (Phi) is 3.81. The number of fused-ring (bicyclic) bond motifs is 7. The number of thiophene rings is 5. The van der Waals surface area contributed by atoms with Crippen molar-refractivity contribution in [3.05, 3.63) is 70.9 Å². The summed E-state index contributed by atoms with van der Waals surface area (Å²) in [5, 5.41) is 4.96. The predicted molar refractivity (Wildman–Crippen MR) is 141 cm³/mol. The lowest BCUT2D eigenvalue weighted by atomic mass is 10.1. The molecule has 0 fully saturated rings. The molecule has 0 saturated heterocycles. The second-order valence-electron chi connectivity index (χ2n) is 7.43. The van der Waals surface area contributed by atoms with E-state index in [1.807, 2.05) is 56.7 Å². The minimum atomic E-state index is 1.33. The number of hydrogen-bond acceptors (Lipinski definition) is 5. The van der Waals surface area contributed by atoms with Crippen molar-refractivity contribution in [2.45, 2.75) is 6.92 Å². The Bertz CT molecular complexity index is 1700. The highest BCUT2D eigenvalue weighted by molar-refractivity contribution is 7.43. The van der Waals surface area contributed by atoms with Crippen molar-refractivity contribution >= 4 is 95.7 Å². The molecule has 0 radical (unpaired) electrons. The van der Waals surface area contributed by atoms with E-state index in [0.717, 1.165) is 0 Å². The molecule has 0 aliphatic carbocycles. The third kappa shape index (κ3) is 2.53. The van der Waals surface area contributed by atoms with E-state index < -0.39 is 0 Å². The molecule has 7 rings (SSSR count). The minimum absolute atomic E-state index is 1.33. The van der Waals surface area contributed by atoms with Crippen LogP contribution in [0.2, 0.25) is 0 Å². The maximum atomic E-state index is 2.38. The Balaban J connectivity index is 1.44. The summed E-state index contributed by atoms with van der Waals surface area (Å²) in [5.74, 6) is 0. The van der Waals surface area contributed by atoms with Crippen molar-refractivity contribution in [2.24, 2.45) is 0 Å². The lowest BCUT2D eigenvalue weighted by Crippen LogP contribution is -1.71. The van der Waals surface area contributed by atoms with Crippen molar-refractivity contribution < 1.29 is 0 Å². The van der Waals surface area contributed by atoms with Crippen LogP contribution in [0.5, 0.6) is 0 Å². The molecule has 0 bridgehead atoms. The lowest BCUT2D eigenvalue weighted by molar-refractivity contribution is 1.64. The van der Waals surface area contributed by atoms with Gasteiger partial charge in [-0.15, -0.1) is 56.7 Å². The summed E-state index contributed by atoms with van der Waals surface area (Å²) in [6, 6.07) is 22.8. The van der Waals surface area contributed by atoms with Crippen LogP contribution in [0, 0.1) is 6.92 Å². The van der Waals surface area contributed by atoms with Crippen LogP contribution in [0.15, 0.2) is 66.0 Å². The van der Waals surface area contributed by atoms with Crippen molar-refractivity contribution in [1.82, 2.24) is 0 Å². The summed E-state index contributed by atoms with van der Waals surface area (Å²) in [6.45, 7) is 2.18. The highest BCUT2D eigenvalue weighted by Gasteiger charge is 2.17. The quantitative estimate of drug-likeness (QED) is 0.234. The third-order valence-corrected chi connectivity index (χ3v) is 11.5. The Morgan fingerprint density at radius 2 is 1.23 bits per heavy atom. The molecule has 0 amide bonds. The first-order chi connectivity index (χ1) is 14.7. The van der Waals surface area contributed by atoms with E-state index in [0.29, 0.717) is 0 Å². The second kappa shape index (κ2) is 6.49. The predicted octanol–water partition coefficient (Wildman–Crippen LogP) is 10.2. The van der Waals surface area contributed by atoms with E-state index in [1.54, 1.807) is 0 Å². The van der Waals surface area contributed by atoms with Crippen molar-refractivity contribution in [2.75, 3.05) is 0 Å². The Hall–Kier alpha value is -2.02. The Morgan fingerprint density at radius 3 is 1.80 bits per heavy atom. The molecule has 0 aliphatic rings. The number of hydrogen-bond donors (Lipinski definition) is 0. The average molecular weight is 475 g/mol. The molecule has 0 N–H and O–H groups in total. The molecule has 5 heteroatoms. The van der Waals surface area contributed by atoms with Crippen molar-refractivity contribution in [3.63, 3.8) is 0 Å². The summed E-state index contributed by atoms with van der Waals surface area (Å²) >= 11 is 9.57. The summed E-state index contributed by atoms with van der Waals surface area (Å²) in [7, 11) is 0. The molecule has 0 aliphatic heterocycles. The van der Waals surface area contributed by atoms with Crippen LogP contribution < -0.4 is 0 Å². The third-order valence-electron chi connectivity index (χ3n) is 5.53. The highest BCUT2D eigenvalue weighted by Crippen LogP contribution is 2.51. The molecule has 5 heterocycles. The van der Waals surface area contributed by atoms with Gasteiger partial charge in [0.1, 0.15) is 0 Å². The first-order valence-corrected chi connectivity index (χ1v) is 13.8. The van der Waals surface area contributed by atoms with E-state index in [9.17, 15) is 0 Å². The van der Waals surface area contributed by atoms with E-state index in [1.165, 1.54) is 64.7 Å². The molecule has 5 aromatic heterocycles. The largest absolute Gasteiger partial charge is 0.144 e. The number of rotatable bonds is 2. The van der Waals surface area contributed by atoms with Gasteiger partial charge in [0.25, 0.3) is 0 Å². The first-order valence-electron chi connectivity index (χ1n) is 9.66. The molecule has 30 heavy (non-hydrogen) atoms. The fourth-order valence-corrected chi connectivity index (χ4v) is 10.0. The number of aryl methyl sites for hydroxylation is 1. The van der Waals surface area contributed by atoms with Crippen LogP contribution in [0.4, 0.5) is 0 Å². The second-order valence-corrected chi connectivity index (χ2v) is 12.8. The van der Waals surface area contributed by atoms with Gasteiger partial charge in [0, 0.05) is 34.8 Å². The Labute approximate surface area is 193 Å². The van der Waals surface area contributed by atoms with E-state index in [-0.39, 0.29) is 0 Å². The van der Waals surface area contributed by atoms with Crippen LogP contribution in [-0.2, 0) is 0 Å². The van der Waals surface area contributed by atoms with Crippen LogP contribution in [0.25, 0.3) is 59.9 Å². The van der Waals surface area contributed by atoms with E-state index >= 15 is 0 Å². The zero-order chi connectivity index (χ0) is 19.8. The zero-order valence-corrected chi connectivity index (χ0v) is 20.0. The number of benzene rings is 2. The molecule has 0 saturated carbocycles. The summed E-state index contributed by atoms with van der Waals surface area (Å²) in [5.41, 5.74) is 2.66. The van der Waals surface area contributed by atoms with Crippen LogP contribution >= 0.6 is 56.7 Å². The van der Waals surface area contributed by atoms with Crippen LogP contribution in [0.1, 0.15) is 4.88 Å². The SMILES string of the molecule is Cc1ccc(-c2ccc3c(c2)sc2c3sc3c4ccc(-c5cccs5)cc4sc32)s1. The summed E-state index contributed by atoms with van der Waals surface area (Å²) < 4.78 is 8.63. The van der Waals surface area contributed by atoms with Gasteiger partial charge in [-0.2, -0.15) is 0 Å². The molecule has 144 valence electrons. The Morgan fingerprint density at radius 1 is 0.567 bits per heavy atom. The topological polar surface area (TPSA) is 0 Å². The lowest BCUT2D eigenvalue weighted by Gasteiger charge is -1.98. The molecule has 0 atom stereocenters. The fraction of sp³-hybridized carbons (Fsp3) is 0.0400. The summed E-state index contributed by atoms with van der Waals surface area (Å²) in [4.78, 5) is 4.07. The molecule has 0 spiro atoms. The van der Waals surface area contributed by atoms with Gasteiger partial charge in [-0.05, 0) is 53.8 Å². The zero-order valence-electron chi connectivity index (χ0n) is 15.9. The molecule has 0 nitrogen and oxygen atoms in total. The monoisotopic (exact) mass is 474 g/mol. The van der Waals surface area contributed by atoms with Crippen molar-refractivity contribution in [3.8, 4) is 20.9 Å². The fourth-order valence-electron chi connectivity index (χ4n) is 4.09. The molecular formula is C25H14S5. The standard InChI is InChI=1S/C25H14S5/c1-13-4-9-19(27-13)15-6-8-17-21(12-15)29-25-23(17)30-22-16-7-5-14(18-3-2-10-26-18)11-20(16)28-24(22)25/h2-12H,1H3. The normalized spacial score (nSPS) is 12.2. The smallest absolute Gasteiger partial charge is 0.0642 e. The van der Waals surface area contributed by atoms with E-state index in [2.05, 4.69) is 73.0 Å². The van der Waals surface area contributed by atoms with Crippen LogP contribution in [-0.4, -0.2) is 0 Å². The van der Waals surface area contributed by atoms with Gasteiger partial charge in [0.05, 0.1) is 18.8 Å². The summed E-state index contributed by atoms with van der Waals surface area (Å²) in [6.07, 6.45) is 0. The van der Waals surface area contributed by atoms with Crippen LogP contribution in [0.3, 0.4) is 0 Å². The van der Waals surface area contributed by atoms with Gasteiger partial charge in [-0.3, -0.25) is 0 Å². The van der Waals surface area contributed by atoms with Crippen molar-refractivity contribution in [1.29, 1.82) is 0 Å². The molecular weight excluding hydrogens is 461 g/mol.